The Morgan fingerprint density at radius 2 is 1.68 bits per heavy atom. The molecule has 0 bridgehead atoms. The fraction of sp³-hybridized carbons (Fsp3) is 0.875. The zero-order valence-corrected chi connectivity index (χ0v) is 16.3. The Balaban J connectivity index is 3.26. The van der Waals surface area contributed by atoms with E-state index in [1.54, 1.807) is 13.8 Å². The number of rotatable bonds is 8. The summed E-state index contributed by atoms with van der Waals surface area (Å²) < 4.78 is 21.9. The fourth-order valence-electron chi connectivity index (χ4n) is 3.89. The van der Waals surface area contributed by atoms with Gasteiger partial charge in [0, 0.05) is 6.54 Å². The number of amides is 1. The van der Waals surface area contributed by atoms with E-state index in [2.05, 4.69) is 0 Å². The molecule has 0 spiro atoms. The summed E-state index contributed by atoms with van der Waals surface area (Å²) >= 11 is 0. The number of carbonyl (C=O) groups is 2. The Bertz CT molecular complexity index is 515. The van der Waals surface area contributed by atoms with Crippen molar-refractivity contribution in [3.63, 3.8) is 0 Å². The number of hydrogen-bond acceptors (Lipinski definition) is 5. The van der Waals surface area contributed by atoms with E-state index in [1.165, 1.54) is 4.90 Å². The average Bonchev–Trinajstić information content (AvgIpc) is 2.98. The fourth-order valence-corrected chi connectivity index (χ4v) is 5.39. The van der Waals surface area contributed by atoms with Crippen LogP contribution < -0.4 is 0 Å². The molecule has 2 unspecified atom stereocenters. The lowest BCUT2D eigenvalue weighted by atomic mass is 9.69. The molecule has 0 aromatic rings. The smallest absolute Gasteiger partial charge is 0.410 e. The number of carbonyl (C=O) groups excluding carboxylic acids is 2. The highest BCUT2D eigenvalue weighted by Gasteiger charge is 2.53. The topological polar surface area (TPSA) is 113 Å². The second-order valence-electron chi connectivity index (χ2n) is 6.38. The zero-order valence-electron chi connectivity index (χ0n) is 15.4. The molecule has 0 aromatic heterocycles. The van der Waals surface area contributed by atoms with Crippen LogP contribution in [0.3, 0.4) is 0 Å². The number of hydrogen-bond donors (Lipinski definition) is 2. The normalized spacial score (nSPS) is 21.3. The van der Waals surface area contributed by atoms with Gasteiger partial charge in [-0.3, -0.25) is 9.46 Å². The standard InChI is InChI=1S/C16H30NO7P/c1-5-16(6-2,11-25(20,21)22)12-9-10-17(15(19)24-8-4)13(12)14(18)23-7-3/h12-13H,5-11H2,1-4H3,(H2,20,21,22). The van der Waals surface area contributed by atoms with E-state index in [0.29, 0.717) is 25.8 Å². The van der Waals surface area contributed by atoms with Crippen LogP contribution in [0.5, 0.6) is 0 Å². The van der Waals surface area contributed by atoms with E-state index >= 15 is 0 Å². The Morgan fingerprint density at radius 1 is 1.12 bits per heavy atom. The molecule has 9 heteroatoms. The lowest BCUT2D eigenvalue weighted by Crippen LogP contribution is -2.49. The quantitative estimate of drug-likeness (QED) is 0.492. The maximum atomic E-state index is 12.6. The van der Waals surface area contributed by atoms with E-state index in [1.807, 2.05) is 13.8 Å². The SMILES string of the molecule is CCOC(=O)C1C(C(CC)(CC)CP(=O)(O)O)CCN1C(=O)OCC. The van der Waals surface area contributed by atoms with Gasteiger partial charge < -0.3 is 19.3 Å². The first-order chi connectivity index (χ1) is 11.7. The van der Waals surface area contributed by atoms with Crippen molar-refractivity contribution < 1.29 is 33.4 Å². The van der Waals surface area contributed by atoms with Gasteiger partial charge in [0.2, 0.25) is 0 Å². The molecule has 1 rings (SSSR count). The van der Waals surface area contributed by atoms with Crippen molar-refractivity contribution in [1.29, 1.82) is 0 Å². The highest BCUT2D eigenvalue weighted by Crippen LogP contribution is 2.53. The third-order valence-corrected chi connectivity index (χ3v) is 6.19. The first kappa shape index (κ1) is 21.9. The monoisotopic (exact) mass is 379 g/mol. The van der Waals surface area contributed by atoms with Crippen LogP contribution in [-0.2, 0) is 18.8 Å². The molecule has 0 aromatic carbocycles. The molecule has 25 heavy (non-hydrogen) atoms. The van der Waals surface area contributed by atoms with Gasteiger partial charge in [0.1, 0.15) is 6.04 Å². The maximum absolute atomic E-state index is 12.6. The van der Waals surface area contributed by atoms with Gasteiger partial charge in [-0.1, -0.05) is 13.8 Å². The molecule has 146 valence electrons. The van der Waals surface area contributed by atoms with Gasteiger partial charge in [0.15, 0.2) is 0 Å². The molecule has 0 radical (unpaired) electrons. The van der Waals surface area contributed by atoms with Gasteiger partial charge in [-0.05, 0) is 44.4 Å². The molecule has 1 aliphatic heterocycles. The summed E-state index contributed by atoms with van der Waals surface area (Å²) in [5.74, 6) is -0.936. The Morgan fingerprint density at radius 3 is 2.12 bits per heavy atom. The van der Waals surface area contributed by atoms with Crippen molar-refractivity contribution in [3.8, 4) is 0 Å². The molecule has 2 N–H and O–H groups in total. The molecule has 8 nitrogen and oxygen atoms in total. The van der Waals surface area contributed by atoms with Crippen molar-refractivity contribution in [2.24, 2.45) is 11.3 Å². The largest absolute Gasteiger partial charge is 0.464 e. The van der Waals surface area contributed by atoms with Gasteiger partial charge in [-0.15, -0.1) is 0 Å². The minimum absolute atomic E-state index is 0.169. The number of esters is 1. The van der Waals surface area contributed by atoms with Crippen LogP contribution in [-0.4, -0.2) is 58.7 Å². The Kier molecular flexibility index (Phi) is 7.90. The van der Waals surface area contributed by atoms with Crippen molar-refractivity contribution >= 4 is 19.7 Å². The highest BCUT2D eigenvalue weighted by molar-refractivity contribution is 7.51. The van der Waals surface area contributed by atoms with Crippen LogP contribution in [0.2, 0.25) is 0 Å². The van der Waals surface area contributed by atoms with Crippen LogP contribution in [0.15, 0.2) is 0 Å². The van der Waals surface area contributed by atoms with Gasteiger partial charge in [0.25, 0.3) is 0 Å². The Hall–Kier alpha value is -1.11. The minimum Gasteiger partial charge on any atom is -0.464 e. The second-order valence-corrected chi connectivity index (χ2v) is 8.02. The third-order valence-electron chi connectivity index (χ3n) is 5.14. The first-order valence-corrected chi connectivity index (χ1v) is 10.6. The van der Waals surface area contributed by atoms with Gasteiger partial charge in [0.05, 0.1) is 19.4 Å². The van der Waals surface area contributed by atoms with E-state index in [-0.39, 0.29) is 19.4 Å². The summed E-state index contributed by atoms with van der Waals surface area (Å²) in [5.41, 5.74) is -0.752. The summed E-state index contributed by atoms with van der Waals surface area (Å²) in [6, 6.07) is -0.884. The van der Waals surface area contributed by atoms with Crippen molar-refractivity contribution in [1.82, 2.24) is 4.90 Å². The van der Waals surface area contributed by atoms with E-state index in [4.69, 9.17) is 9.47 Å². The summed E-state index contributed by atoms with van der Waals surface area (Å²) in [7, 11) is -4.29. The molecular formula is C16H30NO7P. The molecular weight excluding hydrogens is 349 g/mol. The molecule has 1 heterocycles. The van der Waals surface area contributed by atoms with Gasteiger partial charge in [-0.2, -0.15) is 0 Å². The second kappa shape index (κ2) is 9.01. The highest BCUT2D eigenvalue weighted by atomic mass is 31.2. The van der Waals surface area contributed by atoms with Crippen LogP contribution in [0.25, 0.3) is 0 Å². The molecule has 0 saturated carbocycles. The van der Waals surface area contributed by atoms with E-state index < -0.39 is 37.0 Å². The predicted molar refractivity (Wildman–Crippen MR) is 92.2 cm³/mol. The van der Waals surface area contributed by atoms with E-state index in [9.17, 15) is 23.9 Å². The lowest BCUT2D eigenvalue weighted by molar-refractivity contribution is -0.151. The molecule has 0 aliphatic carbocycles. The summed E-state index contributed by atoms with van der Waals surface area (Å²) in [6.45, 7) is 7.73. The zero-order chi connectivity index (χ0) is 19.3. The lowest BCUT2D eigenvalue weighted by Gasteiger charge is -2.40. The minimum atomic E-state index is -4.29. The molecule has 1 amide bonds. The summed E-state index contributed by atoms with van der Waals surface area (Å²) in [5, 5.41) is 0. The summed E-state index contributed by atoms with van der Waals surface area (Å²) in [6.07, 6.45) is 0.548. The van der Waals surface area contributed by atoms with Crippen molar-refractivity contribution in [2.75, 3.05) is 25.9 Å². The van der Waals surface area contributed by atoms with Crippen molar-refractivity contribution in [2.45, 2.75) is 53.0 Å². The van der Waals surface area contributed by atoms with Gasteiger partial charge >= 0.3 is 19.7 Å². The number of nitrogens with zero attached hydrogens (tertiary/aromatic N) is 1. The Labute approximate surface area is 149 Å². The van der Waals surface area contributed by atoms with Crippen LogP contribution >= 0.6 is 7.60 Å². The first-order valence-electron chi connectivity index (χ1n) is 8.80. The molecule has 1 aliphatic rings. The average molecular weight is 379 g/mol. The third kappa shape index (κ3) is 5.19. The number of likely N-dealkylation sites (tertiary alicyclic amines) is 1. The van der Waals surface area contributed by atoms with Crippen LogP contribution in [0.4, 0.5) is 4.79 Å². The molecule has 1 fully saturated rings. The van der Waals surface area contributed by atoms with Crippen LogP contribution in [0, 0.1) is 11.3 Å². The van der Waals surface area contributed by atoms with Crippen LogP contribution in [0.1, 0.15) is 47.0 Å². The summed E-state index contributed by atoms with van der Waals surface area (Å²) in [4.78, 5) is 45.2. The number of ether oxygens (including phenoxy) is 2. The molecule has 1 saturated heterocycles. The van der Waals surface area contributed by atoms with E-state index in [0.717, 1.165) is 0 Å². The van der Waals surface area contributed by atoms with Crippen molar-refractivity contribution in [3.05, 3.63) is 0 Å². The predicted octanol–water partition coefficient (Wildman–Crippen LogP) is 2.38. The van der Waals surface area contributed by atoms with Gasteiger partial charge in [-0.25, -0.2) is 9.59 Å². The molecule has 2 atom stereocenters. The maximum Gasteiger partial charge on any atom is 0.410 e.